The summed E-state index contributed by atoms with van der Waals surface area (Å²) in [5.41, 5.74) is 8.15. The zero-order valence-electron chi connectivity index (χ0n) is 14.5. The van der Waals surface area contributed by atoms with Crippen LogP contribution in [0, 0.1) is 11.8 Å². The fourth-order valence-corrected chi connectivity index (χ4v) is 4.60. The highest BCUT2D eigenvalue weighted by Gasteiger charge is 2.57. The third-order valence-corrected chi connectivity index (χ3v) is 5.66. The smallest absolute Gasteiger partial charge is 0.336 e. The Bertz CT molecular complexity index is 816. The standard InChI is InChI=1S/C19H22N2O5/c1-9(22)15-17-12-3-2-10-6-11(26-5-4-20)7-13(19(24)25)16(10)14(12)8-21(17)18(15)23/h6-9,12,15,17,22H,2-5,20H2,1H3,(H,24,25)/t9-,12+,15-,17-/m1/s1. The summed E-state index contributed by atoms with van der Waals surface area (Å²) in [5, 5.41) is 19.7. The Morgan fingerprint density at radius 2 is 2.23 bits per heavy atom. The van der Waals surface area contributed by atoms with Crippen molar-refractivity contribution >= 4 is 17.4 Å². The molecule has 26 heavy (non-hydrogen) atoms. The largest absolute Gasteiger partial charge is 0.492 e. The predicted molar refractivity (Wildman–Crippen MR) is 93.5 cm³/mol. The zero-order valence-corrected chi connectivity index (χ0v) is 14.5. The molecule has 1 aromatic rings. The van der Waals surface area contributed by atoms with E-state index in [9.17, 15) is 19.8 Å². The molecule has 4 atom stereocenters. The van der Waals surface area contributed by atoms with Gasteiger partial charge in [0.05, 0.1) is 23.6 Å². The second-order valence-electron chi connectivity index (χ2n) is 7.18. The molecule has 138 valence electrons. The SMILES string of the molecule is C[C@@H](O)[C@H]1C(=O)N2C=C3c4c(cc(OCCN)cc4C(=O)O)CC[C@@H]3[C@H]12. The summed E-state index contributed by atoms with van der Waals surface area (Å²) in [7, 11) is 0. The van der Waals surface area contributed by atoms with Crippen molar-refractivity contribution in [1.82, 2.24) is 4.90 Å². The minimum Gasteiger partial charge on any atom is -0.492 e. The van der Waals surface area contributed by atoms with Crippen molar-refractivity contribution in [3.8, 4) is 5.75 Å². The lowest BCUT2D eigenvalue weighted by molar-refractivity contribution is -0.158. The van der Waals surface area contributed by atoms with Crippen molar-refractivity contribution < 1.29 is 24.5 Å². The second kappa shape index (κ2) is 6.10. The lowest BCUT2D eigenvalue weighted by Gasteiger charge is -2.46. The van der Waals surface area contributed by atoms with E-state index in [-0.39, 0.29) is 23.4 Å². The first-order valence-electron chi connectivity index (χ1n) is 8.89. The van der Waals surface area contributed by atoms with Crippen LogP contribution in [-0.2, 0) is 11.2 Å². The van der Waals surface area contributed by atoms with Crippen LogP contribution >= 0.6 is 0 Å². The van der Waals surface area contributed by atoms with Crippen LogP contribution in [0.4, 0.5) is 0 Å². The molecule has 7 nitrogen and oxygen atoms in total. The number of aryl methyl sites for hydroxylation is 1. The van der Waals surface area contributed by atoms with Gasteiger partial charge in [-0.25, -0.2) is 4.79 Å². The molecule has 0 radical (unpaired) electrons. The third kappa shape index (κ3) is 2.34. The Hall–Kier alpha value is -2.38. The highest BCUT2D eigenvalue weighted by atomic mass is 16.5. The van der Waals surface area contributed by atoms with E-state index in [2.05, 4.69) is 0 Å². The van der Waals surface area contributed by atoms with Crippen LogP contribution in [0.15, 0.2) is 18.3 Å². The number of nitrogens with two attached hydrogens (primary N) is 1. The number of rotatable bonds is 5. The molecule has 0 bridgehead atoms. The summed E-state index contributed by atoms with van der Waals surface area (Å²) in [4.78, 5) is 25.8. The number of fused-ring (bicyclic) bond motifs is 5. The van der Waals surface area contributed by atoms with Crippen LogP contribution in [0.3, 0.4) is 0 Å². The molecule has 2 aliphatic heterocycles. The molecule has 2 heterocycles. The van der Waals surface area contributed by atoms with E-state index in [1.807, 2.05) is 6.07 Å². The van der Waals surface area contributed by atoms with Gasteiger partial charge in [-0.05, 0) is 48.6 Å². The molecule has 3 aliphatic rings. The molecule has 0 aromatic heterocycles. The fraction of sp³-hybridized carbons (Fsp3) is 0.474. The van der Waals surface area contributed by atoms with Gasteiger partial charge in [-0.15, -0.1) is 0 Å². The maximum absolute atomic E-state index is 12.3. The van der Waals surface area contributed by atoms with Gasteiger partial charge in [-0.3, -0.25) is 4.79 Å². The Morgan fingerprint density at radius 3 is 2.88 bits per heavy atom. The van der Waals surface area contributed by atoms with Gasteiger partial charge in [-0.1, -0.05) is 0 Å². The monoisotopic (exact) mass is 358 g/mol. The molecular formula is C19H22N2O5. The molecule has 0 spiro atoms. The van der Waals surface area contributed by atoms with Gasteiger partial charge in [-0.2, -0.15) is 0 Å². The van der Waals surface area contributed by atoms with Gasteiger partial charge in [0.15, 0.2) is 0 Å². The highest BCUT2D eigenvalue weighted by molar-refractivity contribution is 5.99. The number of amides is 1. The minimum absolute atomic E-state index is 0.0636. The number of carboxylic acids is 1. The summed E-state index contributed by atoms with van der Waals surface area (Å²) < 4.78 is 5.54. The predicted octanol–water partition coefficient (Wildman–Crippen LogP) is 0.847. The molecule has 7 heteroatoms. The first kappa shape index (κ1) is 17.1. The number of aliphatic hydroxyl groups is 1. The van der Waals surface area contributed by atoms with Crippen molar-refractivity contribution in [2.24, 2.45) is 17.6 Å². The van der Waals surface area contributed by atoms with Crippen LogP contribution in [0.1, 0.15) is 34.8 Å². The Morgan fingerprint density at radius 1 is 1.46 bits per heavy atom. The van der Waals surface area contributed by atoms with Crippen LogP contribution in [0.2, 0.25) is 0 Å². The summed E-state index contributed by atoms with van der Waals surface area (Å²) in [6, 6.07) is 3.34. The quantitative estimate of drug-likeness (QED) is 0.673. The van der Waals surface area contributed by atoms with E-state index >= 15 is 0 Å². The summed E-state index contributed by atoms with van der Waals surface area (Å²) in [6.45, 7) is 2.31. The Labute approximate surface area is 151 Å². The Balaban J connectivity index is 1.76. The molecule has 4 rings (SSSR count). The first-order chi connectivity index (χ1) is 12.4. The molecule has 4 N–H and O–H groups in total. The van der Waals surface area contributed by atoms with Crippen LogP contribution in [0.25, 0.3) is 5.57 Å². The lowest BCUT2D eigenvalue weighted by Crippen LogP contribution is -2.62. The molecule has 0 unspecified atom stereocenters. The van der Waals surface area contributed by atoms with Crippen molar-refractivity contribution in [1.29, 1.82) is 0 Å². The molecule has 1 saturated heterocycles. The van der Waals surface area contributed by atoms with Crippen LogP contribution < -0.4 is 10.5 Å². The summed E-state index contributed by atoms with van der Waals surface area (Å²) in [6.07, 6.45) is 2.60. The van der Waals surface area contributed by atoms with Gasteiger partial charge in [0.2, 0.25) is 5.91 Å². The van der Waals surface area contributed by atoms with Gasteiger partial charge < -0.3 is 25.6 Å². The molecule has 1 aliphatic carbocycles. The van der Waals surface area contributed by atoms with Crippen molar-refractivity contribution in [3.05, 3.63) is 35.0 Å². The average molecular weight is 358 g/mol. The van der Waals surface area contributed by atoms with E-state index in [1.54, 1.807) is 18.0 Å². The fourth-order valence-electron chi connectivity index (χ4n) is 4.60. The second-order valence-corrected chi connectivity index (χ2v) is 7.18. The van der Waals surface area contributed by atoms with Crippen molar-refractivity contribution in [2.75, 3.05) is 13.2 Å². The molecule has 0 saturated carbocycles. The van der Waals surface area contributed by atoms with Gasteiger partial charge in [0.1, 0.15) is 12.4 Å². The van der Waals surface area contributed by atoms with Gasteiger partial charge in [0.25, 0.3) is 0 Å². The number of nitrogens with zero attached hydrogens (tertiary/aromatic N) is 1. The van der Waals surface area contributed by atoms with Crippen molar-refractivity contribution in [2.45, 2.75) is 31.9 Å². The number of carbonyl (C=O) groups excluding carboxylic acids is 1. The number of aliphatic hydroxyl groups excluding tert-OH is 1. The van der Waals surface area contributed by atoms with Crippen molar-refractivity contribution in [3.63, 3.8) is 0 Å². The van der Waals surface area contributed by atoms with Crippen LogP contribution in [0.5, 0.6) is 5.75 Å². The highest BCUT2D eigenvalue weighted by Crippen LogP contribution is 2.52. The maximum Gasteiger partial charge on any atom is 0.336 e. The minimum atomic E-state index is -1.02. The first-order valence-corrected chi connectivity index (χ1v) is 8.89. The summed E-state index contributed by atoms with van der Waals surface area (Å²) in [5.74, 6) is -0.948. The van der Waals surface area contributed by atoms with E-state index in [1.165, 1.54) is 6.07 Å². The van der Waals surface area contributed by atoms with Gasteiger partial charge >= 0.3 is 5.97 Å². The average Bonchev–Trinajstić information content (AvgIpc) is 2.93. The summed E-state index contributed by atoms with van der Waals surface area (Å²) >= 11 is 0. The molecule has 1 amide bonds. The van der Waals surface area contributed by atoms with E-state index < -0.39 is 18.0 Å². The molecular weight excluding hydrogens is 336 g/mol. The van der Waals surface area contributed by atoms with E-state index in [0.29, 0.717) is 30.9 Å². The molecule has 1 fully saturated rings. The number of carbonyl (C=O) groups is 2. The number of benzene rings is 1. The van der Waals surface area contributed by atoms with Gasteiger partial charge in [0, 0.05) is 18.7 Å². The number of aromatic carboxylic acids is 1. The number of hydrogen-bond donors (Lipinski definition) is 3. The van der Waals surface area contributed by atoms with E-state index in [0.717, 1.165) is 17.6 Å². The maximum atomic E-state index is 12.3. The topological polar surface area (TPSA) is 113 Å². The lowest BCUT2D eigenvalue weighted by atomic mass is 9.70. The third-order valence-electron chi connectivity index (χ3n) is 5.66. The zero-order chi connectivity index (χ0) is 18.6. The number of hydrogen-bond acceptors (Lipinski definition) is 5. The number of β-lactam (4-membered cyclic amide) rings is 1. The Kier molecular flexibility index (Phi) is 4.00. The van der Waals surface area contributed by atoms with Crippen LogP contribution in [-0.4, -0.2) is 52.3 Å². The number of ether oxygens (including phenoxy) is 1. The normalized spacial score (nSPS) is 27.0. The van der Waals surface area contributed by atoms with E-state index in [4.69, 9.17) is 10.5 Å². The number of carboxylic acid groups (broad SMARTS) is 1. The molecule has 1 aromatic carbocycles.